The fourth-order valence-corrected chi connectivity index (χ4v) is 1.97. The Morgan fingerprint density at radius 1 is 1.21 bits per heavy atom. The first-order valence-electron chi connectivity index (χ1n) is 7.31. The van der Waals surface area contributed by atoms with Crippen molar-refractivity contribution in [2.24, 2.45) is 0 Å². The van der Waals surface area contributed by atoms with E-state index in [9.17, 15) is 0 Å². The molecule has 1 rings (SSSR count). The van der Waals surface area contributed by atoms with Gasteiger partial charge in [-0.1, -0.05) is 34.6 Å². The summed E-state index contributed by atoms with van der Waals surface area (Å²) in [5.74, 6) is 1.09. The van der Waals surface area contributed by atoms with Crippen LogP contribution >= 0.6 is 0 Å². The summed E-state index contributed by atoms with van der Waals surface area (Å²) in [5, 5.41) is 3.40. The highest BCUT2D eigenvalue weighted by Crippen LogP contribution is 2.24. The molecule has 0 spiro atoms. The molecule has 0 fully saturated rings. The fraction of sp³-hybridized carbons (Fsp3) is 0.688. The largest absolute Gasteiger partial charge is 0.360 e. The third-order valence-corrected chi connectivity index (χ3v) is 3.17. The summed E-state index contributed by atoms with van der Waals surface area (Å²) in [7, 11) is 2.12. The minimum Gasteiger partial charge on any atom is -0.360 e. The van der Waals surface area contributed by atoms with Crippen LogP contribution in [0.2, 0.25) is 0 Å². The summed E-state index contributed by atoms with van der Waals surface area (Å²) in [6.45, 7) is 13.9. The Kier molecular flexibility index (Phi) is 5.80. The van der Waals surface area contributed by atoms with Crippen molar-refractivity contribution in [2.45, 2.75) is 53.0 Å². The van der Waals surface area contributed by atoms with Crippen LogP contribution < -0.4 is 10.2 Å². The van der Waals surface area contributed by atoms with Crippen LogP contribution in [-0.2, 0) is 12.0 Å². The number of hydrogen-bond acceptors (Lipinski definition) is 3. The van der Waals surface area contributed by atoms with E-state index in [0.717, 1.165) is 31.9 Å². The summed E-state index contributed by atoms with van der Waals surface area (Å²) in [4.78, 5) is 7.07. The number of pyridine rings is 1. The predicted molar refractivity (Wildman–Crippen MR) is 83.9 cm³/mol. The molecule has 0 atom stereocenters. The van der Waals surface area contributed by atoms with Crippen LogP contribution in [0.25, 0.3) is 0 Å². The molecule has 0 aliphatic heterocycles. The fourth-order valence-electron chi connectivity index (χ4n) is 1.97. The zero-order valence-corrected chi connectivity index (χ0v) is 13.4. The van der Waals surface area contributed by atoms with Gasteiger partial charge in [-0.2, -0.15) is 0 Å². The number of nitrogens with one attached hydrogen (secondary N) is 1. The highest BCUT2D eigenvalue weighted by molar-refractivity contribution is 5.43. The summed E-state index contributed by atoms with van der Waals surface area (Å²) in [6, 6.07) is 4.43. The minimum absolute atomic E-state index is 0.0873. The lowest BCUT2D eigenvalue weighted by Gasteiger charge is -2.24. The van der Waals surface area contributed by atoms with E-state index in [1.54, 1.807) is 0 Å². The van der Waals surface area contributed by atoms with E-state index in [-0.39, 0.29) is 5.41 Å². The van der Waals surface area contributed by atoms with Crippen LogP contribution in [0.3, 0.4) is 0 Å². The first-order chi connectivity index (χ1) is 8.88. The van der Waals surface area contributed by atoms with Crippen molar-refractivity contribution in [3.63, 3.8) is 0 Å². The second-order valence-corrected chi connectivity index (χ2v) is 6.17. The quantitative estimate of drug-likeness (QED) is 0.853. The van der Waals surface area contributed by atoms with Crippen LogP contribution in [0, 0.1) is 0 Å². The second-order valence-electron chi connectivity index (χ2n) is 6.17. The van der Waals surface area contributed by atoms with Crippen LogP contribution in [0.15, 0.2) is 12.1 Å². The number of hydrogen-bond donors (Lipinski definition) is 1. The molecule has 0 saturated heterocycles. The highest BCUT2D eigenvalue weighted by Gasteiger charge is 2.18. The van der Waals surface area contributed by atoms with Gasteiger partial charge in [-0.3, -0.25) is 0 Å². The van der Waals surface area contributed by atoms with Crippen molar-refractivity contribution in [3.8, 4) is 0 Å². The molecule has 0 amide bonds. The zero-order chi connectivity index (χ0) is 14.5. The summed E-state index contributed by atoms with van der Waals surface area (Å²) in [5.41, 5.74) is 2.57. The van der Waals surface area contributed by atoms with Crippen molar-refractivity contribution < 1.29 is 0 Å². The molecule has 0 saturated carbocycles. The molecule has 0 aromatic carbocycles. The van der Waals surface area contributed by atoms with E-state index < -0.39 is 0 Å². The maximum absolute atomic E-state index is 4.83. The summed E-state index contributed by atoms with van der Waals surface area (Å²) >= 11 is 0. The van der Waals surface area contributed by atoms with Crippen LogP contribution in [0.4, 0.5) is 5.82 Å². The van der Waals surface area contributed by atoms with Crippen molar-refractivity contribution in [3.05, 3.63) is 23.4 Å². The van der Waals surface area contributed by atoms with Gasteiger partial charge in [0.2, 0.25) is 0 Å². The van der Waals surface area contributed by atoms with Gasteiger partial charge >= 0.3 is 0 Å². The van der Waals surface area contributed by atoms with E-state index >= 15 is 0 Å². The molecule has 0 unspecified atom stereocenters. The maximum atomic E-state index is 4.83. The lowest BCUT2D eigenvalue weighted by Crippen LogP contribution is -2.23. The Morgan fingerprint density at radius 3 is 2.42 bits per heavy atom. The summed E-state index contributed by atoms with van der Waals surface area (Å²) < 4.78 is 0. The van der Waals surface area contributed by atoms with Crippen molar-refractivity contribution >= 4 is 5.82 Å². The van der Waals surface area contributed by atoms with Gasteiger partial charge < -0.3 is 10.2 Å². The van der Waals surface area contributed by atoms with E-state index in [4.69, 9.17) is 4.98 Å². The van der Waals surface area contributed by atoms with E-state index in [2.05, 4.69) is 64.0 Å². The third-order valence-electron chi connectivity index (χ3n) is 3.17. The molecule has 3 nitrogen and oxygen atoms in total. The number of nitrogens with zero attached hydrogens (tertiary/aromatic N) is 2. The third kappa shape index (κ3) is 4.83. The predicted octanol–water partition coefficient (Wildman–Crippen LogP) is 3.33. The molecule has 1 N–H and O–H groups in total. The molecule has 19 heavy (non-hydrogen) atoms. The Hall–Kier alpha value is -1.09. The normalized spacial score (nSPS) is 11.7. The van der Waals surface area contributed by atoms with Gasteiger partial charge in [0, 0.05) is 31.2 Å². The topological polar surface area (TPSA) is 28.2 Å². The molecule has 0 bridgehead atoms. The van der Waals surface area contributed by atoms with Gasteiger partial charge in [-0.25, -0.2) is 4.98 Å². The lowest BCUT2D eigenvalue weighted by atomic mass is 9.90. The van der Waals surface area contributed by atoms with Gasteiger partial charge in [0.25, 0.3) is 0 Å². The van der Waals surface area contributed by atoms with Gasteiger partial charge in [0.15, 0.2) is 0 Å². The molecular weight excluding hydrogens is 234 g/mol. The standard InChI is InChI=1S/C16H29N3/c1-7-9-19(6)15-11-13(12-17-8-2)10-14(18-15)16(3,4)5/h10-11,17H,7-9,12H2,1-6H3. The Labute approximate surface area is 118 Å². The van der Waals surface area contributed by atoms with Crippen LogP contribution in [0.1, 0.15) is 52.3 Å². The number of rotatable bonds is 6. The average molecular weight is 263 g/mol. The van der Waals surface area contributed by atoms with Gasteiger partial charge in [-0.05, 0) is 30.7 Å². The molecule has 108 valence electrons. The number of aromatic nitrogens is 1. The lowest BCUT2D eigenvalue weighted by molar-refractivity contribution is 0.566. The Bertz CT molecular complexity index is 393. The Morgan fingerprint density at radius 2 is 1.89 bits per heavy atom. The summed E-state index contributed by atoms with van der Waals surface area (Å²) in [6.07, 6.45) is 1.14. The van der Waals surface area contributed by atoms with Crippen molar-refractivity contribution in [2.75, 3.05) is 25.0 Å². The first kappa shape index (κ1) is 16.0. The average Bonchev–Trinajstić information content (AvgIpc) is 2.35. The molecule has 1 aromatic heterocycles. The SMILES string of the molecule is CCCN(C)c1cc(CNCC)cc(C(C)(C)C)n1. The van der Waals surface area contributed by atoms with E-state index in [1.807, 2.05) is 0 Å². The Balaban J connectivity index is 3.08. The monoisotopic (exact) mass is 263 g/mol. The minimum atomic E-state index is 0.0873. The number of anilines is 1. The molecule has 0 aliphatic carbocycles. The van der Waals surface area contributed by atoms with E-state index in [0.29, 0.717) is 0 Å². The smallest absolute Gasteiger partial charge is 0.128 e. The van der Waals surface area contributed by atoms with Gasteiger partial charge in [0.1, 0.15) is 5.82 Å². The van der Waals surface area contributed by atoms with E-state index in [1.165, 1.54) is 11.3 Å². The molecule has 0 aliphatic rings. The van der Waals surface area contributed by atoms with Crippen molar-refractivity contribution in [1.82, 2.24) is 10.3 Å². The molecule has 1 aromatic rings. The van der Waals surface area contributed by atoms with Crippen LogP contribution in [0.5, 0.6) is 0 Å². The van der Waals surface area contributed by atoms with Crippen LogP contribution in [-0.4, -0.2) is 25.1 Å². The highest BCUT2D eigenvalue weighted by atomic mass is 15.2. The molecular formula is C16H29N3. The second kappa shape index (κ2) is 6.90. The van der Waals surface area contributed by atoms with Crippen molar-refractivity contribution in [1.29, 1.82) is 0 Å². The molecule has 0 radical (unpaired) electrons. The first-order valence-corrected chi connectivity index (χ1v) is 7.31. The van der Waals surface area contributed by atoms with Gasteiger partial charge in [0.05, 0.1) is 0 Å². The molecule has 1 heterocycles. The van der Waals surface area contributed by atoms with Gasteiger partial charge in [-0.15, -0.1) is 0 Å². The zero-order valence-electron chi connectivity index (χ0n) is 13.4. The molecule has 3 heteroatoms. The maximum Gasteiger partial charge on any atom is 0.128 e.